The van der Waals surface area contributed by atoms with Crippen molar-refractivity contribution in [3.63, 3.8) is 0 Å². The third-order valence-electron chi connectivity index (χ3n) is 4.72. The van der Waals surface area contributed by atoms with E-state index in [-0.39, 0.29) is 12.4 Å². The standard InChI is InChI=1S/C25H21P.ClH/c26-18-22-16-17-23(19-10-4-1-5-11-19)25(21-14-8-3-9-15-21)24(22)20-12-6-2-7-13-20;/h1-17H,18,26H2;1H. The third kappa shape index (κ3) is 3.98. The van der Waals surface area contributed by atoms with Crippen LogP contribution in [0.15, 0.2) is 103 Å². The van der Waals surface area contributed by atoms with Crippen LogP contribution in [0.2, 0.25) is 0 Å². The maximum atomic E-state index is 2.88. The zero-order valence-electron chi connectivity index (χ0n) is 15.0. The van der Waals surface area contributed by atoms with Crippen LogP contribution < -0.4 is 0 Å². The van der Waals surface area contributed by atoms with Crippen molar-refractivity contribution in [2.24, 2.45) is 0 Å². The predicted octanol–water partition coefficient (Wildman–Crippen LogP) is 7.48. The second-order valence-electron chi connectivity index (χ2n) is 6.32. The summed E-state index contributed by atoms with van der Waals surface area (Å²) in [6.45, 7) is 0. The first-order valence-corrected chi connectivity index (χ1v) is 9.72. The van der Waals surface area contributed by atoms with Crippen LogP contribution >= 0.6 is 21.6 Å². The molecule has 0 nitrogen and oxygen atoms in total. The fourth-order valence-corrected chi connectivity index (χ4v) is 3.85. The van der Waals surface area contributed by atoms with E-state index in [9.17, 15) is 0 Å². The van der Waals surface area contributed by atoms with Gasteiger partial charge in [0.05, 0.1) is 0 Å². The molecule has 4 aromatic rings. The van der Waals surface area contributed by atoms with Crippen molar-refractivity contribution < 1.29 is 0 Å². The SMILES string of the molecule is Cl.PCc1ccc(-c2ccccc2)c(-c2ccccc2)c1-c1ccccc1. The van der Waals surface area contributed by atoms with Gasteiger partial charge in [-0.25, -0.2) is 0 Å². The zero-order valence-corrected chi connectivity index (χ0v) is 17.0. The molecule has 1 atom stereocenters. The average molecular weight is 389 g/mol. The minimum absolute atomic E-state index is 0. The molecule has 4 rings (SSSR count). The van der Waals surface area contributed by atoms with Crippen molar-refractivity contribution in [2.45, 2.75) is 6.16 Å². The molecule has 134 valence electrons. The molecule has 27 heavy (non-hydrogen) atoms. The van der Waals surface area contributed by atoms with Crippen LogP contribution in [0.4, 0.5) is 0 Å². The predicted molar refractivity (Wildman–Crippen MR) is 123 cm³/mol. The van der Waals surface area contributed by atoms with Gasteiger partial charge in [0.1, 0.15) is 0 Å². The number of halogens is 1. The molecular weight excluding hydrogens is 367 g/mol. The molecular formula is C25H22ClP. The summed E-state index contributed by atoms with van der Waals surface area (Å²) in [7, 11) is 2.88. The molecule has 0 aliphatic carbocycles. The topological polar surface area (TPSA) is 0 Å². The molecule has 4 aromatic carbocycles. The number of rotatable bonds is 4. The zero-order chi connectivity index (χ0) is 17.8. The fourth-order valence-electron chi connectivity index (χ4n) is 3.51. The molecule has 0 saturated heterocycles. The van der Waals surface area contributed by atoms with Gasteiger partial charge in [-0.1, -0.05) is 103 Å². The number of hydrogen-bond acceptors (Lipinski definition) is 0. The normalized spacial score (nSPS) is 10.3. The Labute approximate surface area is 169 Å². The Bertz CT molecular complexity index is 996. The second-order valence-corrected chi connectivity index (χ2v) is 6.73. The van der Waals surface area contributed by atoms with Gasteiger partial charge in [0.25, 0.3) is 0 Å². The molecule has 0 fully saturated rings. The van der Waals surface area contributed by atoms with Crippen LogP contribution in [0.3, 0.4) is 0 Å². The highest BCUT2D eigenvalue weighted by molar-refractivity contribution is 7.15. The van der Waals surface area contributed by atoms with E-state index in [0.717, 1.165) is 6.16 Å². The quantitative estimate of drug-likeness (QED) is 0.318. The Morgan fingerprint density at radius 1 is 0.481 bits per heavy atom. The van der Waals surface area contributed by atoms with Gasteiger partial charge in [0.15, 0.2) is 0 Å². The highest BCUT2D eigenvalue weighted by Gasteiger charge is 2.16. The van der Waals surface area contributed by atoms with Crippen molar-refractivity contribution >= 4 is 21.6 Å². The maximum Gasteiger partial charge on any atom is -0.00239 e. The summed E-state index contributed by atoms with van der Waals surface area (Å²) < 4.78 is 0. The summed E-state index contributed by atoms with van der Waals surface area (Å²) >= 11 is 0. The van der Waals surface area contributed by atoms with Crippen molar-refractivity contribution in [3.8, 4) is 33.4 Å². The van der Waals surface area contributed by atoms with Gasteiger partial charge in [0, 0.05) is 0 Å². The molecule has 2 heteroatoms. The summed E-state index contributed by atoms with van der Waals surface area (Å²) in [6, 6.07) is 36.7. The van der Waals surface area contributed by atoms with Gasteiger partial charge in [-0.15, -0.1) is 21.6 Å². The Morgan fingerprint density at radius 3 is 1.41 bits per heavy atom. The Kier molecular flexibility index (Phi) is 6.45. The highest BCUT2D eigenvalue weighted by Crippen LogP contribution is 2.42. The summed E-state index contributed by atoms with van der Waals surface area (Å²) in [5.41, 5.74) is 9.03. The van der Waals surface area contributed by atoms with Gasteiger partial charge < -0.3 is 0 Å². The smallest absolute Gasteiger partial charge is 0.00239 e. The molecule has 1 unspecified atom stereocenters. The first kappa shape index (κ1) is 19.4. The van der Waals surface area contributed by atoms with E-state index in [0.29, 0.717) is 0 Å². The van der Waals surface area contributed by atoms with Crippen LogP contribution in [-0.4, -0.2) is 0 Å². The molecule has 0 heterocycles. The maximum absolute atomic E-state index is 2.88. The third-order valence-corrected chi connectivity index (χ3v) is 5.16. The molecule has 0 spiro atoms. The minimum Gasteiger partial charge on any atom is -0.147 e. The van der Waals surface area contributed by atoms with Crippen LogP contribution in [-0.2, 0) is 6.16 Å². The largest absolute Gasteiger partial charge is 0.147 e. The summed E-state index contributed by atoms with van der Waals surface area (Å²) in [5.74, 6) is 0. The van der Waals surface area contributed by atoms with Crippen molar-refractivity contribution in [2.75, 3.05) is 0 Å². The van der Waals surface area contributed by atoms with E-state index in [1.807, 2.05) is 0 Å². The molecule has 0 saturated carbocycles. The first-order chi connectivity index (χ1) is 12.9. The van der Waals surface area contributed by atoms with Crippen LogP contribution in [0.5, 0.6) is 0 Å². The van der Waals surface area contributed by atoms with E-state index in [4.69, 9.17) is 0 Å². The van der Waals surface area contributed by atoms with Crippen LogP contribution in [0, 0.1) is 0 Å². The molecule has 0 radical (unpaired) electrons. The second kappa shape index (κ2) is 9.00. The molecule has 0 amide bonds. The van der Waals surface area contributed by atoms with Crippen molar-refractivity contribution in [3.05, 3.63) is 109 Å². The van der Waals surface area contributed by atoms with E-state index in [2.05, 4.69) is 112 Å². The molecule has 0 N–H and O–H groups in total. The lowest BCUT2D eigenvalue weighted by atomic mass is 9.85. The van der Waals surface area contributed by atoms with Crippen LogP contribution in [0.25, 0.3) is 33.4 Å². The minimum atomic E-state index is 0. The van der Waals surface area contributed by atoms with E-state index < -0.39 is 0 Å². The first-order valence-electron chi connectivity index (χ1n) is 8.90. The summed E-state index contributed by atoms with van der Waals surface area (Å²) in [6.07, 6.45) is 0.930. The molecule has 0 bridgehead atoms. The molecule has 0 aliphatic rings. The van der Waals surface area contributed by atoms with Gasteiger partial charge in [-0.3, -0.25) is 0 Å². The average Bonchev–Trinajstić information content (AvgIpc) is 2.74. The lowest BCUT2D eigenvalue weighted by Gasteiger charge is -2.19. The van der Waals surface area contributed by atoms with Crippen molar-refractivity contribution in [1.29, 1.82) is 0 Å². The highest BCUT2D eigenvalue weighted by atomic mass is 35.5. The lowest BCUT2D eigenvalue weighted by Crippen LogP contribution is -1.95. The van der Waals surface area contributed by atoms with E-state index >= 15 is 0 Å². The van der Waals surface area contributed by atoms with E-state index in [1.165, 1.54) is 38.9 Å². The van der Waals surface area contributed by atoms with E-state index in [1.54, 1.807) is 0 Å². The Balaban J connectivity index is 0.00000210. The van der Waals surface area contributed by atoms with Gasteiger partial charge in [-0.05, 0) is 45.1 Å². The summed E-state index contributed by atoms with van der Waals surface area (Å²) in [5, 5.41) is 0. The Morgan fingerprint density at radius 2 is 0.926 bits per heavy atom. The monoisotopic (exact) mass is 388 g/mol. The van der Waals surface area contributed by atoms with Gasteiger partial charge >= 0.3 is 0 Å². The summed E-state index contributed by atoms with van der Waals surface area (Å²) in [4.78, 5) is 0. The lowest BCUT2D eigenvalue weighted by molar-refractivity contribution is 1.41. The Hall–Kier alpha value is -2.40. The molecule has 0 aromatic heterocycles. The van der Waals surface area contributed by atoms with Gasteiger partial charge in [-0.2, -0.15) is 0 Å². The molecule has 0 aliphatic heterocycles. The fraction of sp³-hybridized carbons (Fsp3) is 0.0400. The number of benzene rings is 4. The van der Waals surface area contributed by atoms with Crippen LogP contribution in [0.1, 0.15) is 5.56 Å². The van der Waals surface area contributed by atoms with Gasteiger partial charge in [0.2, 0.25) is 0 Å². The number of hydrogen-bond donors (Lipinski definition) is 0. The van der Waals surface area contributed by atoms with Crippen molar-refractivity contribution in [1.82, 2.24) is 0 Å².